The molecule has 0 saturated carbocycles. The van der Waals surface area contributed by atoms with E-state index in [0.717, 1.165) is 5.56 Å². The van der Waals surface area contributed by atoms with Crippen molar-refractivity contribution in [3.8, 4) is 5.75 Å². The first-order valence-corrected chi connectivity index (χ1v) is 11.6. The number of rotatable bonds is 4. The summed E-state index contributed by atoms with van der Waals surface area (Å²) in [6.45, 7) is 5.78. The molecule has 2 aromatic carbocycles. The van der Waals surface area contributed by atoms with E-state index in [4.69, 9.17) is 9.47 Å². The normalized spacial score (nSPS) is 13.8. The van der Waals surface area contributed by atoms with E-state index in [1.807, 2.05) is 39.2 Å². The van der Waals surface area contributed by atoms with Gasteiger partial charge in [0, 0.05) is 29.6 Å². The van der Waals surface area contributed by atoms with Crippen LogP contribution in [0.1, 0.15) is 36.7 Å². The minimum absolute atomic E-state index is 0.220. The van der Waals surface area contributed by atoms with Crippen molar-refractivity contribution in [1.29, 1.82) is 0 Å². The van der Waals surface area contributed by atoms with Crippen LogP contribution in [-0.2, 0) is 11.3 Å². The topological polar surface area (TPSA) is 84.9 Å². The first-order valence-electron chi connectivity index (χ1n) is 10.4. The van der Waals surface area contributed by atoms with E-state index in [-0.39, 0.29) is 6.03 Å². The quantitative estimate of drug-likeness (QED) is 0.307. The second kappa shape index (κ2) is 8.55. The third-order valence-corrected chi connectivity index (χ3v) is 5.84. The number of hydrogen-bond donors (Lipinski definition) is 0. The average Bonchev–Trinajstić information content (AvgIpc) is 2.79. The summed E-state index contributed by atoms with van der Waals surface area (Å²) in [4.78, 5) is 38.4. The van der Waals surface area contributed by atoms with Crippen LogP contribution in [0.3, 0.4) is 0 Å². The molecule has 1 aromatic heterocycles. The van der Waals surface area contributed by atoms with Crippen LogP contribution in [0, 0.1) is 0 Å². The van der Waals surface area contributed by atoms with Gasteiger partial charge in [-0.3, -0.25) is 9.80 Å². The predicted octanol–water partition coefficient (Wildman–Crippen LogP) is 4.89. The molecular formula is C24H26N4O4S. The van der Waals surface area contributed by atoms with Crippen molar-refractivity contribution in [3.05, 3.63) is 47.7 Å². The van der Waals surface area contributed by atoms with Crippen LogP contribution in [0.2, 0.25) is 0 Å². The zero-order chi connectivity index (χ0) is 23.9. The van der Waals surface area contributed by atoms with Crippen molar-refractivity contribution < 1.29 is 19.1 Å². The number of aromatic nitrogens is 2. The van der Waals surface area contributed by atoms with E-state index in [1.165, 1.54) is 16.7 Å². The summed E-state index contributed by atoms with van der Waals surface area (Å²) < 4.78 is 11.2. The summed E-state index contributed by atoms with van der Waals surface area (Å²) in [5.74, 6) is 0.679. The number of benzene rings is 2. The van der Waals surface area contributed by atoms with Gasteiger partial charge in [-0.05, 0) is 45.2 Å². The number of esters is 1. The highest BCUT2D eigenvalue weighted by Gasteiger charge is 2.32. The number of amides is 2. The van der Waals surface area contributed by atoms with Gasteiger partial charge in [0.15, 0.2) is 5.16 Å². The number of ether oxygens (including phenoxy) is 2. The maximum atomic E-state index is 13.4. The van der Waals surface area contributed by atoms with Gasteiger partial charge in [0.25, 0.3) is 0 Å². The molecule has 0 unspecified atom stereocenters. The maximum Gasteiger partial charge on any atom is 0.339 e. The molecule has 8 nitrogen and oxygen atoms in total. The van der Waals surface area contributed by atoms with Crippen molar-refractivity contribution in [2.45, 2.75) is 38.1 Å². The first kappa shape index (κ1) is 22.8. The molecule has 0 radical (unpaired) electrons. The zero-order valence-corrected chi connectivity index (χ0v) is 20.3. The average molecular weight is 467 g/mol. The van der Waals surface area contributed by atoms with Crippen molar-refractivity contribution in [2.24, 2.45) is 0 Å². The molecule has 1 aliphatic heterocycles. The van der Waals surface area contributed by atoms with Crippen LogP contribution in [-0.4, -0.2) is 48.0 Å². The van der Waals surface area contributed by atoms with Crippen molar-refractivity contribution in [1.82, 2.24) is 9.97 Å². The lowest BCUT2D eigenvalue weighted by atomic mass is 10.00. The van der Waals surface area contributed by atoms with E-state index in [0.29, 0.717) is 45.3 Å². The van der Waals surface area contributed by atoms with Gasteiger partial charge in [0.1, 0.15) is 17.2 Å². The van der Waals surface area contributed by atoms with Crippen LogP contribution >= 0.6 is 11.8 Å². The van der Waals surface area contributed by atoms with Gasteiger partial charge < -0.3 is 9.47 Å². The van der Waals surface area contributed by atoms with E-state index in [2.05, 4.69) is 9.97 Å². The number of methoxy groups -OCH3 is 1. The summed E-state index contributed by atoms with van der Waals surface area (Å²) in [5.41, 5.74) is 1.23. The fourth-order valence-electron chi connectivity index (χ4n) is 3.85. The number of carbonyl (C=O) groups is 2. The molecule has 172 valence electrons. The number of hydrogen-bond acceptors (Lipinski definition) is 7. The molecule has 0 saturated heterocycles. The summed E-state index contributed by atoms with van der Waals surface area (Å²) in [6, 6.07) is 8.74. The maximum absolute atomic E-state index is 13.4. The Kier molecular flexibility index (Phi) is 5.92. The Morgan fingerprint density at radius 3 is 2.61 bits per heavy atom. The third-order valence-electron chi connectivity index (χ3n) is 5.28. The fourth-order valence-corrected chi connectivity index (χ4v) is 4.18. The van der Waals surface area contributed by atoms with Gasteiger partial charge >= 0.3 is 12.0 Å². The number of anilines is 2. The Morgan fingerprint density at radius 1 is 1.18 bits per heavy atom. The van der Waals surface area contributed by atoms with E-state index in [1.54, 1.807) is 43.5 Å². The van der Waals surface area contributed by atoms with Crippen molar-refractivity contribution in [2.75, 3.05) is 30.2 Å². The summed E-state index contributed by atoms with van der Waals surface area (Å²) in [6.07, 6.45) is 3.65. The Labute approximate surface area is 196 Å². The Hall–Kier alpha value is -3.33. The van der Waals surface area contributed by atoms with Crippen LogP contribution in [0.5, 0.6) is 5.75 Å². The number of urea groups is 1. The molecule has 0 bridgehead atoms. The summed E-state index contributed by atoms with van der Waals surface area (Å²) >= 11 is 1.42. The monoisotopic (exact) mass is 466 g/mol. The van der Waals surface area contributed by atoms with Gasteiger partial charge in [-0.2, -0.15) is 0 Å². The Morgan fingerprint density at radius 2 is 1.94 bits per heavy atom. The van der Waals surface area contributed by atoms with Crippen molar-refractivity contribution in [3.63, 3.8) is 0 Å². The molecular weight excluding hydrogens is 440 g/mol. The zero-order valence-electron chi connectivity index (χ0n) is 19.5. The Balaban J connectivity index is 1.86. The predicted molar refractivity (Wildman–Crippen MR) is 129 cm³/mol. The van der Waals surface area contributed by atoms with E-state index < -0.39 is 11.6 Å². The van der Waals surface area contributed by atoms with E-state index in [9.17, 15) is 9.59 Å². The fraction of sp³-hybridized carbons (Fsp3) is 0.333. The van der Waals surface area contributed by atoms with Gasteiger partial charge in [-0.15, -0.1) is 0 Å². The molecule has 0 fully saturated rings. The molecule has 0 spiro atoms. The first-order chi connectivity index (χ1) is 15.6. The Bertz CT molecular complexity index is 1260. The summed E-state index contributed by atoms with van der Waals surface area (Å²) in [5, 5.41) is 1.92. The highest BCUT2D eigenvalue weighted by Crippen LogP contribution is 2.39. The van der Waals surface area contributed by atoms with Crippen LogP contribution in [0.25, 0.3) is 10.8 Å². The lowest BCUT2D eigenvalue weighted by Crippen LogP contribution is -2.46. The molecule has 0 aliphatic carbocycles. The number of nitrogens with zero attached hydrogens (tertiary/aromatic N) is 4. The minimum Gasteiger partial charge on any atom is -0.496 e. The van der Waals surface area contributed by atoms with Gasteiger partial charge in [0.2, 0.25) is 0 Å². The highest BCUT2D eigenvalue weighted by atomic mass is 32.2. The standard InChI is InChI=1S/C24H26N4O4S/c1-24(2,3)32-21(29)16-10-11-17(15-8-7-9-18(31-5)19(15)16)28-13-14-12-25-22(33-6)26-20(14)27(4)23(28)30/h7-12H,13H2,1-6H3. The number of fused-ring (bicyclic) bond motifs is 2. The second-order valence-corrected chi connectivity index (χ2v) is 9.42. The SMILES string of the molecule is COc1cccc2c(N3Cc4cnc(SC)nc4N(C)C3=O)ccc(C(=O)OC(C)(C)C)c12. The van der Waals surface area contributed by atoms with Gasteiger partial charge in [-0.25, -0.2) is 19.6 Å². The highest BCUT2D eigenvalue weighted by molar-refractivity contribution is 7.98. The molecule has 9 heteroatoms. The van der Waals surface area contributed by atoms with Crippen molar-refractivity contribution >= 4 is 46.0 Å². The molecule has 0 atom stereocenters. The van der Waals surface area contributed by atoms with Gasteiger partial charge in [0.05, 0.1) is 24.9 Å². The second-order valence-electron chi connectivity index (χ2n) is 8.65. The molecule has 1 aliphatic rings. The lowest BCUT2D eigenvalue weighted by Gasteiger charge is -2.34. The van der Waals surface area contributed by atoms with Crippen LogP contribution in [0.4, 0.5) is 16.3 Å². The lowest BCUT2D eigenvalue weighted by molar-refractivity contribution is 0.00716. The molecule has 0 N–H and O–H groups in total. The third kappa shape index (κ3) is 4.20. The largest absolute Gasteiger partial charge is 0.496 e. The summed E-state index contributed by atoms with van der Waals surface area (Å²) in [7, 11) is 3.25. The van der Waals surface area contributed by atoms with Crippen LogP contribution in [0.15, 0.2) is 41.7 Å². The molecule has 2 heterocycles. The number of thioether (sulfide) groups is 1. The molecule has 3 aromatic rings. The molecule has 4 rings (SSSR count). The smallest absolute Gasteiger partial charge is 0.339 e. The minimum atomic E-state index is -0.644. The van der Waals surface area contributed by atoms with E-state index >= 15 is 0 Å². The van der Waals surface area contributed by atoms with Crippen LogP contribution < -0.4 is 14.5 Å². The number of carbonyl (C=O) groups excluding carboxylic acids is 2. The molecule has 33 heavy (non-hydrogen) atoms. The molecule has 2 amide bonds. The van der Waals surface area contributed by atoms with Gasteiger partial charge in [-0.1, -0.05) is 23.9 Å².